The molecule has 0 bridgehead atoms. The van der Waals surface area contributed by atoms with Gasteiger partial charge in [0.05, 0.1) is 17.2 Å². The molecule has 5 nitrogen and oxygen atoms in total. The highest BCUT2D eigenvalue weighted by Gasteiger charge is 2.11. The van der Waals surface area contributed by atoms with Gasteiger partial charge in [-0.3, -0.25) is 4.79 Å². The van der Waals surface area contributed by atoms with E-state index in [1.165, 1.54) is 0 Å². The predicted molar refractivity (Wildman–Crippen MR) is 95.7 cm³/mol. The molecule has 0 saturated carbocycles. The number of hydrogen-bond acceptors (Lipinski definition) is 4. The molecule has 0 aliphatic heterocycles. The highest BCUT2D eigenvalue weighted by Crippen LogP contribution is 2.23. The molecule has 2 aromatic carbocycles. The summed E-state index contributed by atoms with van der Waals surface area (Å²) in [5.74, 6) is -0.341. The van der Waals surface area contributed by atoms with E-state index < -0.39 is 5.97 Å². The van der Waals surface area contributed by atoms with Crippen LogP contribution in [0, 0.1) is 0 Å². The summed E-state index contributed by atoms with van der Waals surface area (Å²) in [6.45, 7) is 1.83. The summed E-state index contributed by atoms with van der Waals surface area (Å²) in [5, 5.41) is 3.08. The summed E-state index contributed by atoms with van der Waals surface area (Å²) < 4.78 is 10.9. The molecule has 7 heteroatoms. The number of amides is 1. The van der Waals surface area contributed by atoms with E-state index >= 15 is 0 Å². The summed E-state index contributed by atoms with van der Waals surface area (Å²) in [4.78, 5) is 23.6. The van der Waals surface area contributed by atoms with Gasteiger partial charge >= 0.3 is 5.97 Å². The average molecular weight is 413 g/mol. The normalized spacial score (nSPS) is 10.1. The minimum Gasteiger partial charge on any atom is -0.482 e. The third-order valence-electron chi connectivity index (χ3n) is 2.93. The van der Waals surface area contributed by atoms with Crippen molar-refractivity contribution < 1.29 is 19.1 Å². The van der Waals surface area contributed by atoms with Gasteiger partial charge in [-0.15, -0.1) is 0 Å². The maximum Gasteiger partial charge on any atom is 0.344 e. The van der Waals surface area contributed by atoms with Crippen molar-refractivity contribution >= 4 is 45.1 Å². The van der Waals surface area contributed by atoms with Crippen LogP contribution in [-0.4, -0.2) is 25.1 Å². The standard InChI is InChI=1S/C17H15BrClNO4/c1-2-23-16(21)10-24-13-5-3-4-12(9-13)20-17(22)14-7-6-11(18)8-15(14)19/h3-9H,2,10H2,1H3,(H,20,22). The van der Waals surface area contributed by atoms with Crippen molar-refractivity contribution in [3.05, 3.63) is 57.5 Å². The number of carbonyl (C=O) groups is 2. The first-order chi connectivity index (χ1) is 11.5. The molecule has 0 fully saturated rings. The zero-order chi connectivity index (χ0) is 17.5. The lowest BCUT2D eigenvalue weighted by atomic mass is 10.2. The van der Waals surface area contributed by atoms with Gasteiger partial charge in [0.1, 0.15) is 5.75 Å². The highest BCUT2D eigenvalue weighted by atomic mass is 79.9. The molecular formula is C17H15BrClNO4. The molecule has 0 heterocycles. The number of nitrogens with one attached hydrogen (secondary N) is 1. The van der Waals surface area contributed by atoms with Crippen LogP contribution >= 0.6 is 27.5 Å². The maximum atomic E-state index is 12.3. The number of benzene rings is 2. The fourth-order valence-corrected chi connectivity index (χ4v) is 2.64. The number of hydrogen-bond donors (Lipinski definition) is 1. The third-order valence-corrected chi connectivity index (χ3v) is 3.74. The number of esters is 1. The first kappa shape index (κ1) is 18.3. The quantitative estimate of drug-likeness (QED) is 0.719. The van der Waals surface area contributed by atoms with E-state index in [1.807, 2.05) is 0 Å². The topological polar surface area (TPSA) is 64.6 Å². The number of carbonyl (C=O) groups excluding carboxylic acids is 2. The second-order valence-corrected chi connectivity index (χ2v) is 6.02. The lowest BCUT2D eigenvalue weighted by molar-refractivity contribution is -0.145. The highest BCUT2D eigenvalue weighted by molar-refractivity contribution is 9.10. The fourth-order valence-electron chi connectivity index (χ4n) is 1.88. The van der Waals surface area contributed by atoms with Gasteiger partial charge in [0.15, 0.2) is 6.61 Å². The second-order valence-electron chi connectivity index (χ2n) is 4.70. The van der Waals surface area contributed by atoms with Crippen LogP contribution in [0.4, 0.5) is 5.69 Å². The predicted octanol–water partition coefficient (Wildman–Crippen LogP) is 4.30. The summed E-state index contributed by atoms with van der Waals surface area (Å²) >= 11 is 9.36. The Labute approximate surface area is 153 Å². The fraction of sp³-hybridized carbons (Fsp3) is 0.176. The molecule has 126 valence electrons. The Balaban J connectivity index is 2.03. The van der Waals surface area contributed by atoms with Crippen molar-refractivity contribution in [1.29, 1.82) is 0 Å². The third kappa shape index (κ3) is 5.25. The molecule has 0 saturated heterocycles. The van der Waals surface area contributed by atoms with E-state index in [9.17, 15) is 9.59 Å². The van der Waals surface area contributed by atoms with Gasteiger partial charge in [-0.1, -0.05) is 33.6 Å². The molecule has 0 unspecified atom stereocenters. The Morgan fingerprint density at radius 1 is 1.21 bits per heavy atom. The van der Waals surface area contributed by atoms with E-state index in [0.717, 1.165) is 4.47 Å². The SMILES string of the molecule is CCOC(=O)COc1cccc(NC(=O)c2ccc(Br)cc2Cl)c1. The summed E-state index contributed by atoms with van der Waals surface area (Å²) in [7, 11) is 0. The number of halogens is 2. The molecule has 0 atom stereocenters. The van der Waals surface area contributed by atoms with Gasteiger partial charge < -0.3 is 14.8 Å². The largest absolute Gasteiger partial charge is 0.482 e. The van der Waals surface area contributed by atoms with Crippen LogP contribution in [0.1, 0.15) is 17.3 Å². The molecule has 0 aromatic heterocycles. The van der Waals surface area contributed by atoms with E-state index in [1.54, 1.807) is 49.4 Å². The Morgan fingerprint density at radius 2 is 2.00 bits per heavy atom. The molecular weight excluding hydrogens is 398 g/mol. The zero-order valence-corrected chi connectivity index (χ0v) is 15.2. The van der Waals surface area contributed by atoms with E-state index in [-0.39, 0.29) is 12.5 Å². The zero-order valence-electron chi connectivity index (χ0n) is 12.8. The van der Waals surface area contributed by atoms with Gasteiger partial charge in [0, 0.05) is 16.2 Å². The van der Waals surface area contributed by atoms with Crippen molar-refractivity contribution in [2.45, 2.75) is 6.92 Å². The monoisotopic (exact) mass is 411 g/mol. The van der Waals surface area contributed by atoms with Crippen LogP contribution in [0.3, 0.4) is 0 Å². The summed E-state index contributed by atoms with van der Waals surface area (Å²) in [5.41, 5.74) is 0.887. The molecule has 2 rings (SSSR count). The Hall–Kier alpha value is -2.05. The Morgan fingerprint density at radius 3 is 2.71 bits per heavy atom. The van der Waals surface area contributed by atoms with Crippen LogP contribution in [0.5, 0.6) is 5.75 Å². The van der Waals surface area contributed by atoms with Crippen LogP contribution in [-0.2, 0) is 9.53 Å². The van der Waals surface area contributed by atoms with Gasteiger partial charge in [0.2, 0.25) is 0 Å². The van der Waals surface area contributed by atoms with Gasteiger partial charge in [0.25, 0.3) is 5.91 Å². The van der Waals surface area contributed by atoms with Crippen molar-refractivity contribution in [3.63, 3.8) is 0 Å². The minimum atomic E-state index is -0.450. The number of ether oxygens (including phenoxy) is 2. The van der Waals surface area contributed by atoms with Crippen molar-refractivity contribution in [1.82, 2.24) is 0 Å². The minimum absolute atomic E-state index is 0.191. The number of anilines is 1. The van der Waals surface area contributed by atoms with Crippen LogP contribution in [0.25, 0.3) is 0 Å². The first-order valence-electron chi connectivity index (χ1n) is 7.14. The molecule has 2 aromatic rings. The second kappa shape index (κ2) is 8.70. The average Bonchev–Trinajstić information content (AvgIpc) is 2.53. The van der Waals surface area contributed by atoms with Crippen LogP contribution in [0.2, 0.25) is 5.02 Å². The molecule has 0 radical (unpaired) electrons. The van der Waals surface area contributed by atoms with Gasteiger partial charge in [-0.2, -0.15) is 0 Å². The molecule has 0 aliphatic carbocycles. The molecule has 24 heavy (non-hydrogen) atoms. The lowest BCUT2D eigenvalue weighted by Crippen LogP contribution is -2.15. The van der Waals surface area contributed by atoms with E-state index in [4.69, 9.17) is 21.1 Å². The number of rotatable bonds is 6. The summed E-state index contributed by atoms with van der Waals surface area (Å²) in [6, 6.07) is 11.7. The van der Waals surface area contributed by atoms with Crippen molar-refractivity contribution in [2.24, 2.45) is 0 Å². The summed E-state index contributed by atoms with van der Waals surface area (Å²) in [6.07, 6.45) is 0. The molecule has 0 aliphatic rings. The lowest BCUT2D eigenvalue weighted by Gasteiger charge is -2.10. The molecule has 1 amide bonds. The van der Waals surface area contributed by atoms with Gasteiger partial charge in [-0.25, -0.2) is 4.79 Å². The Kier molecular flexibility index (Phi) is 6.63. The molecule has 1 N–H and O–H groups in total. The van der Waals surface area contributed by atoms with Crippen molar-refractivity contribution in [2.75, 3.05) is 18.5 Å². The van der Waals surface area contributed by atoms with E-state index in [2.05, 4.69) is 21.2 Å². The van der Waals surface area contributed by atoms with Crippen LogP contribution in [0.15, 0.2) is 46.9 Å². The first-order valence-corrected chi connectivity index (χ1v) is 8.31. The van der Waals surface area contributed by atoms with Gasteiger partial charge in [-0.05, 0) is 37.3 Å². The van der Waals surface area contributed by atoms with Crippen LogP contribution < -0.4 is 10.1 Å². The van der Waals surface area contributed by atoms with Crippen molar-refractivity contribution in [3.8, 4) is 5.75 Å². The van der Waals surface area contributed by atoms with E-state index in [0.29, 0.717) is 28.6 Å². The molecule has 0 spiro atoms. The Bertz CT molecular complexity index is 751. The smallest absolute Gasteiger partial charge is 0.344 e. The maximum absolute atomic E-state index is 12.3.